The average molecular weight is 329 g/mol. The van der Waals surface area contributed by atoms with E-state index >= 15 is 0 Å². The molecule has 0 unspecified atom stereocenters. The van der Waals surface area contributed by atoms with Crippen molar-refractivity contribution in [2.24, 2.45) is 0 Å². The smallest absolute Gasteiger partial charge is 0.270 e. The molecule has 8 nitrogen and oxygen atoms in total. The van der Waals surface area contributed by atoms with Crippen LogP contribution in [0.4, 0.5) is 11.4 Å². The number of nitro groups is 1. The summed E-state index contributed by atoms with van der Waals surface area (Å²) < 4.78 is 0. The van der Waals surface area contributed by atoms with Gasteiger partial charge in [-0.2, -0.15) is 0 Å². The first-order valence-corrected chi connectivity index (χ1v) is 6.92. The second-order valence-corrected chi connectivity index (χ2v) is 5.15. The van der Waals surface area contributed by atoms with Crippen LogP contribution < -0.4 is 5.48 Å². The molecule has 2 aromatic carbocycles. The van der Waals surface area contributed by atoms with Crippen molar-refractivity contribution in [3.8, 4) is 11.1 Å². The minimum absolute atomic E-state index is 0. The van der Waals surface area contributed by atoms with Crippen LogP contribution >= 0.6 is 0 Å². The van der Waals surface area contributed by atoms with Crippen molar-refractivity contribution in [1.29, 1.82) is 0 Å². The Morgan fingerprint density at radius 2 is 1.92 bits per heavy atom. The highest BCUT2D eigenvalue weighted by Crippen LogP contribution is 2.42. The minimum atomic E-state index is -0.574. The van der Waals surface area contributed by atoms with E-state index in [0.717, 1.165) is 0 Å². The fourth-order valence-electron chi connectivity index (χ4n) is 2.78. The predicted octanol–water partition coefficient (Wildman–Crippen LogP) is 3.02. The van der Waals surface area contributed by atoms with Crippen molar-refractivity contribution in [2.75, 3.05) is 5.48 Å². The maximum absolute atomic E-state index is 12.6. The number of benzene rings is 2. The first-order valence-electron chi connectivity index (χ1n) is 6.92. The lowest BCUT2D eigenvalue weighted by molar-refractivity contribution is -0.384. The molecular weight excluding hydrogens is 316 g/mol. The van der Waals surface area contributed by atoms with Crippen molar-refractivity contribution in [3.63, 3.8) is 0 Å². The van der Waals surface area contributed by atoms with Crippen LogP contribution in [-0.4, -0.2) is 27.2 Å². The summed E-state index contributed by atoms with van der Waals surface area (Å²) >= 11 is 0. The number of ketones is 2. The van der Waals surface area contributed by atoms with Gasteiger partial charge in [-0.15, -0.1) is 0 Å². The molecule has 0 radical (unpaired) electrons. The van der Waals surface area contributed by atoms with Gasteiger partial charge < -0.3 is 5.48 Å². The Morgan fingerprint density at radius 3 is 2.50 bits per heavy atom. The van der Waals surface area contributed by atoms with E-state index in [4.69, 9.17) is 5.21 Å². The predicted molar refractivity (Wildman–Crippen MR) is 83.9 cm³/mol. The molecule has 8 heteroatoms. The van der Waals surface area contributed by atoms with Gasteiger partial charge in [-0.1, -0.05) is 6.92 Å². The Morgan fingerprint density at radius 1 is 1.21 bits per heavy atom. The molecule has 0 spiro atoms. The summed E-state index contributed by atoms with van der Waals surface area (Å²) in [6.07, 6.45) is 0.234. The number of hydrogen-bond acceptors (Lipinski definition) is 7. The van der Waals surface area contributed by atoms with Crippen LogP contribution in [0.3, 0.4) is 0 Å². The summed E-state index contributed by atoms with van der Waals surface area (Å²) in [6.45, 7) is 1.70. The Kier molecular flexibility index (Phi) is 4.45. The van der Waals surface area contributed by atoms with Gasteiger partial charge in [0.05, 0.1) is 10.6 Å². The van der Waals surface area contributed by atoms with Crippen molar-refractivity contribution >= 4 is 22.9 Å². The molecule has 124 valence electrons. The first kappa shape index (κ1) is 17.3. The Hall–Kier alpha value is -3.10. The van der Waals surface area contributed by atoms with Crippen LogP contribution in [0.5, 0.6) is 0 Å². The third kappa shape index (κ3) is 2.43. The van der Waals surface area contributed by atoms with Crippen LogP contribution in [0, 0.1) is 10.1 Å². The zero-order valence-electron chi connectivity index (χ0n) is 12.6. The lowest BCUT2D eigenvalue weighted by atomic mass is 9.95. The van der Waals surface area contributed by atoms with Crippen LogP contribution in [-0.2, 0) is 0 Å². The fourth-order valence-corrected chi connectivity index (χ4v) is 2.78. The molecule has 1 aliphatic rings. The number of fused-ring (bicyclic) bond motifs is 3. The molecule has 3 N–H and O–H groups in total. The molecule has 1 aliphatic carbocycles. The number of carbonyl (C=O) groups is 2. The Bertz CT molecular complexity index is 875. The largest absolute Gasteiger partial charge is 0.870 e. The van der Waals surface area contributed by atoms with Crippen LogP contribution in [0.25, 0.3) is 11.1 Å². The van der Waals surface area contributed by atoms with Crippen LogP contribution in [0.2, 0.25) is 0 Å². The van der Waals surface area contributed by atoms with E-state index in [1.54, 1.807) is 6.92 Å². The molecule has 0 heterocycles. The third-order valence-electron chi connectivity index (χ3n) is 3.86. The second-order valence-electron chi connectivity index (χ2n) is 5.15. The normalized spacial score (nSPS) is 11.3. The highest BCUT2D eigenvalue weighted by molar-refractivity contribution is 6.25. The number of Topliss-reactive ketones (excluding diaryl/α,β-unsaturated/α-hetero) is 1. The molecule has 24 heavy (non-hydrogen) atoms. The van der Waals surface area contributed by atoms with Gasteiger partial charge in [-0.05, 0) is 23.8 Å². The first-order chi connectivity index (χ1) is 11.0. The van der Waals surface area contributed by atoms with Gasteiger partial charge in [0, 0.05) is 40.8 Å². The van der Waals surface area contributed by atoms with Gasteiger partial charge in [0.15, 0.2) is 11.6 Å². The maximum Gasteiger partial charge on any atom is 0.270 e. The summed E-state index contributed by atoms with van der Waals surface area (Å²) in [5.74, 6) is -0.585. The highest BCUT2D eigenvalue weighted by Gasteiger charge is 2.32. The molecule has 0 saturated carbocycles. The van der Waals surface area contributed by atoms with Gasteiger partial charge >= 0.3 is 0 Å². The van der Waals surface area contributed by atoms with Gasteiger partial charge in [0.25, 0.3) is 5.69 Å². The number of rotatable bonds is 4. The van der Waals surface area contributed by atoms with Crippen molar-refractivity contribution < 1.29 is 25.2 Å². The second kappa shape index (κ2) is 6.19. The van der Waals surface area contributed by atoms with Gasteiger partial charge in [0.2, 0.25) is 0 Å². The van der Waals surface area contributed by atoms with E-state index in [9.17, 15) is 19.7 Å². The topological polar surface area (TPSA) is 140 Å². The molecule has 0 fully saturated rings. The molecule has 0 aliphatic heterocycles. The summed E-state index contributed by atoms with van der Waals surface area (Å²) in [5, 5.41) is 20.0. The Balaban J connectivity index is 0.00000208. The molecule has 2 aromatic rings. The van der Waals surface area contributed by atoms with Crippen molar-refractivity contribution in [2.45, 2.75) is 13.3 Å². The van der Waals surface area contributed by atoms with Gasteiger partial charge in [-0.25, -0.2) is 0 Å². The monoisotopic (exact) mass is 329 g/mol. The molecule has 0 saturated heterocycles. The van der Waals surface area contributed by atoms with E-state index in [-0.39, 0.29) is 40.2 Å². The quantitative estimate of drug-likeness (QED) is 0.426. The van der Waals surface area contributed by atoms with E-state index in [2.05, 4.69) is 0 Å². The molecular formula is C16H13N2O6-. The maximum atomic E-state index is 12.6. The average Bonchev–Trinajstić information content (AvgIpc) is 2.85. The standard InChI is InChI=1S/C16H12N2O5.H2O/c1-2-14(19)12-5-8(17-21)6-13-15(12)10-4-3-9(18(22)23)7-11(10)16(13)20;/h3-7,17,21H,2H2,1H3;1H2/p-1. The van der Waals surface area contributed by atoms with Gasteiger partial charge in [-0.3, -0.25) is 30.4 Å². The van der Waals surface area contributed by atoms with E-state index in [1.165, 1.54) is 30.3 Å². The number of nitrogens with one attached hydrogen (secondary N) is 1. The lowest BCUT2D eigenvalue weighted by Gasteiger charge is -2.10. The zero-order valence-corrected chi connectivity index (χ0v) is 12.6. The van der Waals surface area contributed by atoms with E-state index in [0.29, 0.717) is 16.7 Å². The third-order valence-corrected chi connectivity index (χ3v) is 3.86. The number of carbonyl (C=O) groups excluding carboxylic acids is 2. The molecule has 0 aromatic heterocycles. The number of nitro benzene ring substituents is 1. The van der Waals surface area contributed by atoms with E-state index in [1.807, 2.05) is 5.48 Å². The number of anilines is 1. The molecule has 0 bridgehead atoms. The minimum Gasteiger partial charge on any atom is -0.870 e. The molecule has 0 atom stereocenters. The summed E-state index contributed by atoms with van der Waals surface area (Å²) in [5.41, 5.74) is 3.68. The highest BCUT2D eigenvalue weighted by atomic mass is 16.6. The number of non-ortho nitro benzene ring substituents is 1. The lowest BCUT2D eigenvalue weighted by Crippen LogP contribution is -2.04. The summed E-state index contributed by atoms with van der Waals surface area (Å²) in [6, 6.07) is 6.89. The van der Waals surface area contributed by atoms with Gasteiger partial charge in [0.1, 0.15) is 0 Å². The molecule has 0 amide bonds. The number of hydrogen-bond donors (Lipinski definition) is 2. The van der Waals surface area contributed by atoms with Crippen molar-refractivity contribution in [1.82, 2.24) is 0 Å². The van der Waals surface area contributed by atoms with Crippen LogP contribution in [0.1, 0.15) is 39.6 Å². The van der Waals surface area contributed by atoms with Crippen molar-refractivity contribution in [3.05, 3.63) is 57.1 Å². The molecule has 3 rings (SSSR count). The summed E-state index contributed by atoms with van der Waals surface area (Å²) in [4.78, 5) is 35.1. The Labute approximate surface area is 136 Å². The summed E-state index contributed by atoms with van der Waals surface area (Å²) in [7, 11) is 0. The number of nitrogens with zero attached hydrogens (tertiary/aromatic N) is 1. The van der Waals surface area contributed by atoms with Crippen LogP contribution in [0.15, 0.2) is 30.3 Å². The fraction of sp³-hybridized carbons (Fsp3) is 0.125. The SMILES string of the molecule is CCC(=O)c1cc(NO)cc2c1-c1ccc([N+](=O)[O-])cc1C2=O.[OH-]. The zero-order chi connectivity index (χ0) is 16.7. The van der Waals surface area contributed by atoms with E-state index < -0.39 is 10.7 Å².